The Morgan fingerprint density at radius 1 is 1.19 bits per heavy atom. The summed E-state index contributed by atoms with van der Waals surface area (Å²) >= 11 is 0. The molecule has 1 amide bonds. The first-order valence-electron chi connectivity index (χ1n) is 9.86. The highest BCUT2D eigenvalue weighted by molar-refractivity contribution is 5.86. The summed E-state index contributed by atoms with van der Waals surface area (Å²) in [6.45, 7) is 3.96. The SMILES string of the molecule is Cc1ccc(F)c(N2CCC[C@@]3(CCN(C4CCC(O)CC4)C3=O)C2)n1. The summed E-state index contributed by atoms with van der Waals surface area (Å²) in [6, 6.07) is 3.41. The minimum Gasteiger partial charge on any atom is -0.393 e. The molecule has 4 rings (SSSR count). The van der Waals surface area contributed by atoms with Gasteiger partial charge in [-0.3, -0.25) is 4.79 Å². The van der Waals surface area contributed by atoms with Crippen molar-refractivity contribution in [3.8, 4) is 0 Å². The Hall–Kier alpha value is -1.69. The third-order valence-corrected chi connectivity index (χ3v) is 6.50. The molecule has 3 heterocycles. The Morgan fingerprint density at radius 3 is 2.73 bits per heavy atom. The molecule has 3 fully saturated rings. The fourth-order valence-corrected chi connectivity index (χ4v) is 5.00. The van der Waals surface area contributed by atoms with Crippen molar-refractivity contribution < 1.29 is 14.3 Å². The zero-order valence-electron chi connectivity index (χ0n) is 15.5. The van der Waals surface area contributed by atoms with E-state index in [-0.39, 0.29) is 23.9 Å². The van der Waals surface area contributed by atoms with Crippen LogP contribution < -0.4 is 4.90 Å². The predicted octanol–water partition coefficient (Wildman–Crippen LogP) is 2.65. The summed E-state index contributed by atoms with van der Waals surface area (Å²) in [7, 11) is 0. The maximum absolute atomic E-state index is 14.3. The maximum atomic E-state index is 14.3. The van der Waals surface area contributed by atoms with E-state index in [0.29, 0.717) is 12.4 Å². The number of halogens is 1. The highest BCUT2D eigenvalue weighted by Gasteiger charge is 2.51. The van der Waals surface area contributed by atoms with Gasteiger partial charge in [0.1, 0.15) is 0 Å². The number of hydrogen-bond donors (Lipinski definition) is 1. The molecule has 3 aliphatic rings. The number of hydrogen-bond acceptors (Lipinski definition) is 4. The van der Waals surface area contributed by atoms with Crippen LogP contribution in [0.3, 0.4) is 0 Å². The highest BCUT2D eigenvalue weighted by atomic mass is 19.1. The van der Waals surface area contributed by atoms with Gasteiger partial charge in [-0.05, 0) is 64.0 Å². The smallest absolute Gasteiger partial charge is 0.230 e. The van der Waals surface area contributed by atoms with Gasteiger partial charge in [0, 0.05) is 31.4 Å². The molecule has 1 aromatic rings. The minimum atomic E-state index is -0.397. The zero-order chi connectivity index (χ0) is 18.3. The molecule has 0 radical (unpaired) electrons. The molecule has 1 N–H and O–H groups in total. The van der Waals surface area contributed by atoms with E-state index >= 15 is 0 Å². The Morgan fingerprint density at radius 2 is 1.96 bits per heavy atom. The van der Waals surface area contributed by atoms with Gasteiger partial charge in [0.2, 0.25) is 5.91 Å². The number of piperidine rings is 1. The normalized spacial score (nSPS) is 32.5. The molecule has 26 heavy (non-hydrogen) atoms. The van der Waals surface area contributed by atoms with Gasteiger partial charge in [-0.15, -0.1) is 0 Å². The number of aromatic nitrogens is 1. The van der Waals surface area contributed by atoms with Crippen LogP contribution in [0.15, 0.2) is 12.1 Å². The van der Waals surface area contributed by atoms with Gasteiger partial charge in [-0.25, -0.2) is 9.37 Å². The number of aryl methyl sites for hydroxylation is 1. The molecular formula is C20H28FN3O2. The van der Waals surface area contributed by atoms with Crippen LogP contribution in [-0.2, 0) is 4.79 Å². The Bertz CT molecular complexity index is 690. The Balaban J connectivity index is 1.51. The number of carbonyl (C=O) groups excluding carboxylic acids is 1. The van der Waals surface area contributed by atoms with E-state index in [0.717, 1.165) is 63.7 Å². The molecule has 1 aliphatic carbocycles. The Labute approximate surface area is 154 Å². The van der Waals surface area contributed by atoms with Gasteiger partial charge in [-0.2, -0.15) is 0 Å². The van der Waals surface area contributed by atoms with Crippen molar-refractivity contribution in [3.05, 3.63) is 23.6 Å². The standard InChI is InChI=1S/C20H28FN3O2/c1-14-3-8-17(21)18(22-14)23-11-2-9-20(13-23)10-12-24(19(20)26)15-4-6-16(25)7-5-15/h3,8,15-16,25H,2,4-7,9-13H2,1H3/t15?,16?,20-/m1/s1. The molecule has 0 bridgehead atoms. The molecule has 1 atom stereocenters. The number of likely N-dealkylation sites (tertiary alicyclic amines) is 1. The molecule has 0 unspecified atom stereocenters. The highest BCUT2D eigenvalue weighted by Crippen LogP contribution is 2.43. The number of aliphatic hydroxyl groups is 1. The summed E-state index contributed by atoms with van der Waals surface area (Å²) < 4.78 is 14.3. The van der Waals surface area contributed by atoms with E-state index in [9.17, 15) is 14.3 Å². The predicted molar refractivity (Wildman–Crippen MR) is 97.4 cm³/mol. The van der Waals surface area contributed by atoms with Crippen LogP contribution >= 0.6 is 0 Å². The average molecular weight is 361 g/mol. The summed E-state index contributed by atoms with van der Waals surface area (Å²) in [5.41, 5.74) is 0.396. The van der Waals surface area contributed by atoms with Gasteiger partial charge >= 0.3 is 0 Å². The van der Waals surface area contributed by atoms with Crippen LogP contribution in [0.1, 0.15) is 50.6 Å². The summed E-state index contributed by atoms with van der Waals surface area (Å²) in [5.74, 6) is 0.309. The molecule has 1 spiro atoms. The number of amides is 1. The monoisotopic (exact) mass is 361 g/mol. The number of pyridine rings is 1. The molecule has 142 valence electrons. The fraction of sp³-hybridized carbons (Fsp3) is 0.700. The molecular weight excluding hydrogens is 333 g/mol. The van der Waals surface area contributed by atoms with Crippen LogP contribution in [0.4, 0.5) is 10.2 Å². The van der Waals surface area contributed by atoms with E-state index in [1.165, 1.54) is 6.07 Å². The average Bonchev–Trinajstić information content (AvgIpc) is 2.94. The topological polar surface area (TPSA) is 56.7 Å². The van der Waals surface area contributed by atoms with Crippen LogP contribution in [0.25, 0.3) is 0 Å². The van der Waals surface area contributed by atoms with Crippen LogP contribution in [0.5, 0.6) is 0 Å². The van der Waals surface area contributed by atoms with Crippen molar-refractivity contribution in [2.75, 3.05) is 24.5 Å². The van der Waals surface area contributed by atoms with E-state index < -0.39 is 5.41 Å². The second-order valence-corrected chi connectivity index (χ2v) is 8.27. The number of carbonyl (C=O) groups is 1. The molecule has 1 aromatic heterocycles. The third-order valence-electron chi connectivity index (χ3n) is 6.50. The number of anilines is 1. The summed E-state index contributed by atoms with van der Waals surface area (Å²) in [6.07, 6.45) is 5.74. The van der Waals surface area contributed by atoms with Gasteiger partial charge in [-0.1, -0.05) is 0 Å². The van der Waals surface area contributed by atoms with Gasteiger partial charge in [0.05, 0.1) is 11.5 Å². The van der Waals surface area contributed by atoms with E-state index in [2.05, 4.69) is 9.88 Å². The fourth-order valence-electron chi connectivity index (χ4n) is 5.00. The molecule has 1 saturated carbocycles. The summed E-state index contributed by atoms with van der Waals surface area (Å²) in [4.78, 5) is 21.7. The van der Waals surface area contributed by atoms with Gasteiger partial charge in [0.15, 0.2) is 11.6 Å². The van der Waals surface area contributed by atoms with E-state index in [4.69, 9.17) is 0 Å². The number of aliphatic hydroxyl groups excluding tert-OH is 1. The first-order valence-corrected chi connectivity index (χ1v) is 9.86. The largest absolute Gasteiger partial charge is 0.393 e. The van der Waals surface area contributed by atoms with E-state index in [1.54, 1.807) is 6.07 Å². The molecule has 2 saturated heterocycles. The first kappa shape index (κ1) is 17.7. The molecule has 6 heteroatoms. The van der Waals surface area contributed by atoms with Crippen molar-refractivity contribution in [3.63, 3.8) is 0 Å². The van der Waals surface area contributed by atoms with Crippen LogP contribution in [0, 0.1) is 18.2 Å². The van der Waals surface area contributed by atoms with E-state index in [1.807, 2.05) is 11.8 Å². The van der Waals surface area contributed by atoms with Gasteiger partial charge in [0.25, 0.3) is 0 Å². The van der Waals surface area contributed by atoms with Crippen LogP contribution in [-0.4, -0.2) is 52.7 Å². The molecule has 5 nitrogen and oxygen atoms in total. The lowest BCUT2D eigenvalue weighted by Gasteiger charge is -2.41. The molecule has 2 aliphatic heterocycles. The number of nitrogens with zero attached hydrogens (tertiary/aromatic N) is 3. The Kier molecular flexibility index (Phi) is 4.63. The third kappa shape index (κ3) is 3.08. The van der Waals surface area contributed by atoms with Gasteiger partial charge < -0.3 is 14.9 Å². The second-order valence-electron chi connectivity index (χ2n) is 8.27. The van der Waals surface area contributed by atoms with Crippen molar-refractivity contribution in [2.45, 2.75) is 64.0 Å². The minimum absolute atomic E-state index is 0.210. The lowest BCUT2D eigenvalue weighted by Crippen LogP contribution is -2.50. The number of rotatable bonds is 2. The lowest BCUT2D eigenvalue weighted by molar-refractivity contribution is -0.139. The molecule has 0 aromatic carbocycles. The maximum Gasteiger partial charge on any atom is 0.230 e. The van der Waals surface area contributed by atoms with Crippen molar-refractivity contribution in [1.82, 2.24) is 9.88 Å². The lowest BCUT2D eigenvalue weighted by atomic mass is 9.78. The summed E-state index contributed by atoms with van der Waals surface area (Å²) in [5, 5.41) is 9.73. The first-order chi connectivity index (χ1) is 12.5. The van der Waals surface area contributed by atoms with Crippen molar-refractivity contribution >= 4 is 11.7 Å². The quantitative estimate of drug-likeness (QED) is 0.880. The second kappa shape index (κ2) is 6.80. The zero-order valence-corrected chi connectivity index (χ0v) is 15.5. The van der Waals surface area contributed by atoms with Crippen LogP contribution in [0.2, 0.25) is 0 Å². The van der Waals surface area contributed by atoms with Crippen molar-refractivity contribution in [1.29, 1.82) is 0 Å². The van der Waals surface area contributed by atoms with Crippen molar-refractivity contribution in [2.24, 2.45) is 5.41 Å².